The van der Waals surface area contributed by atoms with E-state index in [2.05, 4.69) is 16.6 Å². The largest absolute Gasteiger partial charge is 0.369 e. The van der Waals surface area contributed by atoms with E-state index in [-0.39, 0.29) is 0 Å². The average Bonchev–Trinajstić information content (AvgIpc) is 1.81. The Morgan fingerprint density at radius 3 is 3.00 bits per heavy atom. The molecule has 0 saturated carbocycles. The monoisotopic (exact) mass is 117 g/mol. The molecule has 0 aliphatic carbocycles. The molecule has 0 unspecified atom stereocenters. The summed E-state index contributed by atoms with van der Waals surface area (Å²) in [7, 11) is 1.58. The molecule has 0 aromatic rings. The first-order chi connectivity index (χ1) is 3.91. The standard InChI is InChI=1S/C5H11NO2/c1-3-6-4-8-5-7-2/h3,6H,1,4-5H2,2H3. The van der Waals surface area contributed by atoms with Gasteiger partial charge >= 0.3 is 0 Å². The Morgan fingerprint density at radius 1 is 1.75 bits per heavy atom. The number of rotatable bonds is 5. The van der Waals surface area contributed by atoms with Crippen LogP contribution in [0.1, 0.15) is 0 Å². The van der Waals surface area contributed by atoms with Crippen LogP contribution >= 0.6 is 0 Å². The summed E-state index contributed by atoms with van der Waals surface area (Å²) >= 11 is 0. The summed E-state index contributed by atoms with van der Waals surface area (Å²) in [6, 6.07) is 0. The third-order valence-electron chi connectivity index (χ3n) is 0.531. The Labute approximate surface area is 49.3 Å². The van der Waals surface area contributed by atoms with E-state index in [1.54, 1.807) is 13.3 Å². The molecule has 3 nitrogen and oxygen atoms in total. The zero-order chi connectivity index (χ0) is 6.24. The molecule has 8 heavy (non-hydrogen) atoms. The third kappa shape index (κ3) is 5.46. The molecule has 48 valence electrons. The molecule has 0 aliphatic rings. The zero-order valence-electron chi connectivity index (χ0n) is 5.02. The molecule has 0 saturated heterocycles. The molecule has 0 heterocycles. The van der Waals surface area contributed by atoms with Gasteiger partial charge in [0.25, 0.3) is 0 Å². The summed E-state index contributed by atoms with van der Waals surface area (Å²) in [6.45, 7) is 4.20. The maximum Gasteiger partial charge on any atom is 0.148 e. The molecular formula is C5H11NO2. The highest BCUT2D eigenvalue weighted by atomic mass is 16.7. The van der Waals surface area contributed by atoms with E-state index in [1.807, 2.05) is 0 Å². The van der Waals surface area contributed by atoms with Gasteiger partial charge in [0.15, 0.2) is 0 Å². The molecule has 3 heteroatoms. The van der Waals surface area contributed by atoms with Crippen molar-refractivity contribution in [1.82, 2.24) is 5.32 Å². The molecule has 0 rings (SSSR count). The summed E-state index contributed by atoms with van der Waals surface area (Å²) in [5.41, 5.74) is 0. The van der Waals surface area contributed by atoms with E-state index in [9.17, 15) is 0 Å². The van der Waals surface area contributed by atoms with Gasteiger partial charge in [-0.3, -0.25) is 0 Å². The Morgan fingerprint density at radius 2 is 2.50 bits per heavy atom. The van der Waals surface area contributed by atoms with Gasteiger partial charge in [-0.1, -0.05) is 6.58 Å². The van der Waals surface area contributed by atoms with E-state index >= 15 is 0 Å². The molecule has 0 fully saturated rings. The van der Waals surface area contributed by atoms with E-state index < -0.39 is 0 Å². The van der Waals surface area contributed by atoms with Gasteiger partial charge < -0.3 is 14.8 Å². The molecule has 0 spiro atoms. The van der Waals surface area contributed by atoms with Crippen molar-refractivity contribution >= 4 is 0 Å². The van der Waals surface area contributed by atoms with Crippen molar-refractivity contribution in [3.8, 4) is 0 Å². The average molecular weight is 117 g/mol. The fraction of sp³-hybridized carbons (Fsp3) is 0.600. The van der Waals surface area contributed by atoms with Crippen LogP contribution in [0.3, 0.4) is 0 Å². The molecule has 0 bridgehead atoms. The second-order valence-corrected chi connectivity index (χ2v) is 1.16. The van der Waals surface area contributed by atoms with Gasteiger partial charge in [-0.25, -0.2) is 0 Å². The van der Waals surface area contributed by atoms with Gasteiger partial charge in [-0.15, -0.1) is 0 Å². The molecule has 0 atom stereocenters. The van der Waals surface area contributed by atoms with Crippen LogP contribution in [0.25, 0.3) is 0 Å². The highest BCUT2D eigenvalue weighted by Crippen LogP contribution is 1.68. The second kappa shape index (κ2) is 6.46. The van der Waals surface area contributed by atoms with Crippen LogP contribution in [-0.4, -0.2) is 20.6 Å². The SMILES string of the molecule is C=CNCOCOC. The minimum atomic E-state index is 0.320. The van der Waals surface area contributed by atoms with Crippen molar-refractivity contribution in [1.29, 1.82) is 0 Å². The van der Waals surface area contributed by atoms with Gasteiger partial charge in [-0.05, 0) is 6.20 Å². The Kier molecular flexibility index (Phi) is 6.02. The van der Waals surface area contributed by atoms with Gasteiger partial charge in [0.1, 0.15) is 13.5 Å². The fourth-order valence-corrected chi connectivity index (χ4v) is 0.243. The quantitative estimate of drug-likeness (QED) is 0.415. The first-order valence-electron chi connectivity index (χ1n) is 2.32. The molecule has 0 radical (unpaired) electrons. The minimum Gasteiger partial charge on any atom is -0.369 e. The van der Waals surface area contributed by atoms with Crippen LogP contribution in [-0.2, 0) is 9.47 Å². The smallest absolute Gasteiger partial charge is 0.148 e. The van der Waals surface area contributed by atoms with Crippen molar-refractivity contribution in [2.45, 2.75) is 0 Å². The lowest BCUT2D eigenvalue weighted by atomic mass is 11.0. The van der Waals surface area contributed by atoms with Crippen molar-refractivity contribution in [2.75, 3.05) is 20.6 Å². The number of hydrogen-bond acceptors (Lipinski definition) is 3. The number of nitrogens with one attached hydrogen (secondary N) is 1. The van der Waals surface area contributed by atoms with Crippen LogP contribution in [0.5, 0.6) is 0 Å². The Balaban J connectivity index is 2.62. The number of ether oxygens (including phenoxy) is 2. The van der Waals surface area contributed by atoms with Crippen molar-refractivity contribution in [2.24, 2.45) is 0 Å². The topological polar surface area (TPSA) is 30.5 Å². The third-order valence-corrected chi connectivity index (χ3v) is 0.531. The van der Waals surface area contributed by atoms with Gasteiger partial charge in [-0.2, -0.15) is 0 Å². The summed E-state index contributed by atoms with van der Waals surface area (Å²) in [5.74, 6) is 0. The highest BCUT2D eigenvalue weighted by Gasteiger charge is 1.76. The number of methoxy groups -OCH3 is 1. The molecular weight excluding hydrogens is 106 g/mol. The summed E-state index contributed by atoms with van der Waals surface area (Å²) in [4.78, 5) is 0. The van der Waals surface area contributed by atoms with Crippen LogP contribution in [0.15, 0.2) is 12.8 Å². The predicted octanol–water partition coefficient (Wildman–Crippen LogP) is 0.297. The van der Waals surface area contributed by atoms with E-state index in [4.69, 9.17) is 4.74 Å². The summed E-state index contributed by atoms with van der Waals surface area (Å²) in [5, 5.41) is 2.74. The summed E-state index contributed by atoms with van der Waals surface area (Å²) < 4.78 is 9.41. The van der Waals surface area contributed by atoms with Gasteiger partial charge in [0.2, 0.25) is 0 Å². The molecule has 0 aromatic heterocycles. The maximum atomic E-state index is 4.82. The fourth-order valence-electron chi connectivity index (χ4n) is 0.243. The lowest BCUT2D eigenvalue weighted by Gasteiger charge is -1.99. The second-order valence-electron chi connectivity index (χ2n) is 1.16. The first-order valence-corrected chi connectivity index (χ1v) is 2.32. The molecule has 1 N–H and O–H groups in total. The summed E-state index contributed by atoms with van der Waals surface area (Å²) in [6.07, 6.45) is 1.57. The zero-order valence-corrected chi connectivity index (χ0v) is 5.02. The van der Waals surface area contributed by atoms with Crippen molar-refractivity contribution < 1.29 is 9.47 Å². The molecule has 0 amide bonds. The lowest BCUT2D eigenvalue weighted by Crippen LogP contribution is -2.11. The highest BCUT2D eigenvalue weighted by molar-refractivity contribution is 4.57. The normalized spacial score (nSPS) is 8.62. The first kappa shape index (κ1) is 7.46. The van der Waals surface area contributed by atoms with E-state index in [1.165, 1.54) is 0 Å². The van der Waals surface area contributed by atoms with Crippen LogP contribution in [0.2, 0.25) is 0 Å². The minimum absolute atomic E-state index is 0.320. The van der Waals surface area contributed by atoms with Gasteiger partial charge in [0, 0.05) is 7.11 Å². The van der Waals surface area contributed by atoms with Crippen LogP contribution < -0.4 is 5.32 Å². The predicted molar refractivity (Wildman–Crippen MR) is 31.2 cm³/mol. The van der Waals surface area contributed by atoms with E-state index in [0.717, 1.165) is 0 Å². The van der Waals surface area contributed by atoms with Crippen molar-refractivity contribution in [3.63, 3.8) is 0 Å². The van der Waals surface area contributed by atoms with Crippen molar-refractivity contribution in [3.05, 3.63) is 12.8 Å². The maximum absolute atomic E-state index is 4.82. The van der Waals surface area contributed by atoms with Crippen LogP contribution in [0.4, 0.5) is 0 Å². The Hall–Kier alpha value is -0.540. The molecule has 0 aliphatic heterocycles. The van der Waals surface area contributed by atoms with E-state index in [0.29, 0.717) is 13.5 Å². The van der Waals surface area contributed by atoms with Gasteiger partial charge in [0.05, 0.1) is 0 Å². The number of hydrogen-bond donors (Lipinski definition) is 1. The lowest BCUT2D eigenvalue weighted by molar-refractivity contribution is -0.0341. The Bertz CT molecular complexity index is 56.4. The molecule has 0 aromatic carbocycles. The van der Waals surface area contributed by atoms with Crippen LogP contribution in [0, 0.1) is 0 Å².